The van der Waals surface area contributed by atoms with Gasteiger partial charge in [0.2, 0.25) is 0 Å². The van der Waals surface area contributed by atoms with Crippen LogP contribution in [0.5, 0.6) is 0 Å². The minimum Gasteiger partial charge on any atom is -0.241 e. The molecule has 0 spiro atoms. The molecule has 0 aromatic heterocycles. The van der Waals surface area contributed by atoms with E-state index in [1.54, 1.807) is 0 Å². The highest BCUT2D eigenvalue weighted by molar-refractivity contribution is 5.49. The van der Waals surface area contributed by atoms with Crippen molar-refractivity contribution in [3.63, 3.8) is 0 Å². The first kappa shape index (κ1) is 13.3. The SMILES string of the molecule is N=C=Nc1ccccc1.N=C=Nc1ccccc1. The topological polar surface area (TPSA) is 72.4 Å². The Morgan fingerprint density at radius 1 is 0.611 bits per heavy atom. The molecule has 2 aromatic rings. The smallest absolute Gasteiger partial charge is 0.0918 e. The van der Waals surface area contributed by atoms with E-state index in [2.05, 4.69) is 9.98 Å². The maximum absolute atomic E-state index is 6.52. The molecular weight excluding hydrogens is 224 g/mol. The molecule has 0 aliphatic heterocycles. The number of aliphatic imine (C=N–C) groups is 2. The summed E-state index contributed by atoms with van der Waals surface area (Å²) in [5, 5.41) is 13.0. The lowest BCUT2D eigenvalue weighted by Crippen LogP contribution is -1.58. The highest BCUT2D eigenvalue weighted by Gasteiger charge is 1.79. The molecule has 0 aliphatic carbocycles. The van der Waals surface area contributed by atoms with Crippen molar-refractivity contribution >= 4 is 23.4 Å². The van der Waals surface area contributed by atoms with Crippen LogP contribution in [0.25, 0.3) is 0 Å². The molecular formula is C14H12N4. The number of nitrogens with one attached hydrogen (secondary N) is 2. The Morgan fingerprint density at radius 2 is 0.944 bits per heavy atom. The minimum absolute atomic E-state index is 0.771. The number of benzene rings is 2. The fourth-order valence-electron chi connectivity index (χ4n) is 1.13. The molecule has 0 amide bonds. The van der Waals surface area contributed by atoms with Crippen LogP contribution in [0.2, 0.25) is 0 Å². The van der Waals surface area contributed by atoms with Gasteiger partial charge in [-0.15, -0.1) is 0 Å². The van der Waals surface area contributed by atoms with Crippen LogP contribution < -0.4 is 0 Å². The van der Waals surface area contributed by atoms with E-state index in [0.29, 0.717) is 0 Å². The van der Waals surface area contributed by atoms with Gasteiger partial charge in [0.05, 0.1) is 23.4 Å². The van der Waals surface area contributed by atoms with Gasteiger partial charge in [0.15, 0.2) is 0 Å². The molecule has 2 aromatic carbocycles. The molecule has 0 aliphatic rings. The predicted octanol–water partition coefficient (Wildman–Crippen LogP) is 4.14. The summed E-state index contributed by atoms with van der Waals surface area (Å²) >= 11 is 0. The first-order valence-corrected chi connectivity index (χ1v) is 5.22. The average Bonchev–Trinajstić information content (AvgIpc) is 2.43. The summed E-state index contributed by atoms with van der Waals surface area (Å²) in [7, 11) is 0. The Balaban J connectivity index is 0.000000180. The summed E-state index contributed by atoms with van der Waals surface area (Å²) in [5.74, 6) is 0. The van der Waals surface area contributed by atoms with Gasteiger partial charge in [0, 0.05) is 0 Å². The fourth-order valence-corrected chi connectivity index (χ4v) is 1.13. The molecule has 0 heterocycles. The summed E-state index contributed by atoms with van der Waals surface area (Å²) in [5.41, 5.74) is 1.54. The first-order chi connectivity index (χ1) is 8.86. The van der Waals surface area contributed by atoms with Crippen molar-refractivity contribution < 1.29 is 0 Å². The second-order valence-corrected chi connectivity index (χ2v) is 3.12. The first-order valence-electron chi connectivity index (χ1n) is 5.22. The monoisotopic (exact) mass is 236 g/mol. The zero-order chi connectivity index (χ0) is 13.1. The zero-order valence-electron chi connectivity index (χ0n) is 9.67. The van der Waals surface area contributed by atoms with Crippen LogP contribution in [0.15, 0.2) is 70.6 Å². The minimum atomic E-state index is 0.771. The van der Waals surface area contributed by atoms with Gasteiger partial charge in [-0.25, -0.2) is 10.8 Å². The molecule has 4 heteroatoms. The van der Waals surface area contributed by atoms with Crippen LogP contribution in [0, 0.1) is 10.8 Å². The summed E-state index contributed by atoms with van der Waals surface area (Å²) in [6.45, 7) is 0. The summed E-state index contributed by atoms with van der Waals surface area (Å²) in [6, 6.07) is 22.5. The molecule has 2 rings (SSSR count). The average molecular weight is 236 g/mol. The van der Waals surface area contributed by atoms with E-state index in [1.165, 1.54) is 0 Å². The Bertz CT molecular complexity index is 497. The van der Waals surface area contributed by atoms with Gasteiger partial charge in [-0.1, -0.05) is 36.4 Å². The summed E-state index contributed by atoms with van der Waals surface area (Å²) in [6.07, 6.45) is 0. The Morgan fingerprint density at radius 3 is 1.22 bits per heavy atom. The predicted molar refractivity (Wildman–Crippen MR) is 72.5 cm³/mol. The summed E-state index contributed by atoms with van der Waals surface area (Å²) in [4.78, 5) is 7.25. The van der Waals surface area contributed by atoms with Crippen LogP contribution in [0.4, 0.5) is 11.4 Å². The van der Waals surface area contributed by atoms with Gasteiger partial charge in [-0.3, -0.25) is 0 Å². The lowest BCUT2D eigenvalue weighted by Gasteiger charge is -1.83. The third-order valence-electron chi connectivity index (χ3n) is 1.88. The van der Waals surface area contributed by atoms with Crippen LogP contribution in [0.3, 0.4) is 0 Å². The second-order valence-electron chi connectivity index (χ2n) is 3.12. The van der Waals surface area contributed by atoms with E-state index in [-0.39, 0.29) is 0 Å². The molecule has 0 atom stereocenters. The maximum Gasteiger partial charge on any atom is 0.0918 e. The van der Waals surface area contributed by atoms with E-state index in [0.717, 1.165) is 11.4 Å². The molecule has 0 bridgehead atoms. The molecule has 18 heavy (non-hydrogen) atoms. The van der Waals surface area contributed by atoms with E-state index >= 15 is 0 Å². The number of para-hydroxylation sites is 2. The molecule has 0 unspecified atom stereocenters. The van der Waals surface area contributed by atoms with Crippen molar-refractivity contribution in [2.75, 3.05) is 0 Å². The molecule has 4 nitrogen and oxygen atoms in total. The van der Waals surface area contributed by atoms with Crippen LogP contribution in [-0.4, -0.2) is 12.0 Å². The molecule has 0 radical (unpaired) electrons. The van der Waals surface area contributed by atoms with Crippen LogP contribution in [0.1, 0.15) is 0 Å². The maximum atomic E-state index is 6.52. The number of nitrogens with zero attached hydrogens (tertiary/aromatic N) is 2. The zero-order valence-corrected chi connectivity index (χ0v) is 9.67. The third kappa shape index (κ3) is 5.33. The third-order valence-corrected chi connectivity index (χ3v) is 1.88. The van der Waals surface area contributed by atoms with Gasteiger partial charge < -0.3 is 0 Å². The Labute approximate surface area is 105 Å². The molecule has 88 valence electrons. The van der Waals surface area contributed by atoms with Gasteiger partial charge in [-0.2, -0.15) is 9.98 Å². The Kier molecular flexibility index (Phi) is 6.16. The highest BCUT2D eigenvalue weighted by Crippen LogP contribution is 2.07. The molecule has 2 N–H and O–H groups in total. The van der Waals surface area contributed by atoms with Gasteiger partial charge in [0.1, 0.15) is 0 Å². The largest absolute Gasteiger partial charge is 0.241 e. The molecule has 0 fully saturated rings. The van der Waals surface area contributed by atoms with Gasteiger partial charge in [-0.05, 0) is 24.3 Å². The van der Waals surface area contributed by atoms with Crippen molar-refractivity contribution in [1.29, 1.82) is 10.8 Å². The Hall–Kier alpha value is -2.80. The van der Waals surface area contributed by atoms with E-state index in [9.17, 15) is 0 Å². The van der Waals surface area contributed by atoms with Crippen molar-refractivity contribution in [2.45, 2.75) is 0 Å². The number of hydrogen-bond donors (Lipinski definition) is 2. The van der Waals surface area contributed by atoms with Crippen molar-refractivity contribution in [1.82, 2.24) is 0 Å². The molecule has 0 saturated carbocycles. The fraction of sp³-hybridized carbons (Fsp3) is 0. The lowest BCUT2D eigenvalue weighted by molar-refractivity contribution is 1.49. The number of hydrogen-bond acceptors (Lipinski definition) is 4. The van der Waals surface area contributed by atoms with Gasteiger partial charge in [0.25, 0.3) is 0 Å². The normalized spacial score (nSPS) is 8.00. The van der Waals surface area contributed by atoms with Gasteiger partial charge >= 0.3 is 0 Å². The number of rotatable bonds is 2. The second kappa shape index (κ2) is 8.36. The van der Waals surface area contributed by atoms with Crippen molar-refractivity contribution in [3.05, 3.63) is 60.7 Å². The van der Waals surface area contributed by atoms with Crippen molar-refractivity contribution in [3.8, 4) is 0 Å². The van der Waals surface area contributed by atoms with Crippen molar-refractivity contribution in [2.24, 2.45) is 9.98 Å². The van der Waals surface area contributed by atoms with E-state index in [1.807, 2.05) is 72.7 Å². The van der Waals surface area contributed by atoms with Crippen LogP contribution in [-0.2, 0) is 0 Å². The van der Waals surface area contributed by atoms with Crippen LogP contribution >= 0.6 is 0 Å². The van der Waals surface area contributed by atoms with E-state index < -0.39 is 0 Å². The summed E-state index contributed by atoms with van der Waals surface area (Å²) < 4.78 is 0. The lowest BCUT2D eigenvalue weighted by atomic mass is 10.3. The molecule has 0 saturated heterocycles. The highest BCUT2D eigenvalue weighted by atomic mass is 14.7. The van der Waals surface area contributed by atoms with E-state index in [4.69, 9.17) is 10.8 Å². The quantitative estimate of drug-likeness (QED) is 0.735. The standard InChI is InChI=1S/2C7H6N2/c2*8-6-9-7-4-2-1-3-5-7/h2*1-5,8H.